The van der Waals surface area contributed by atoms with Gasteiger partial charge in [-0.15, -0.1) is 11.3 Å². The van der Waals surface area contributed by atoms with E-state index in [1.54, 1.807) is 0 Å². The number of nitrogens with one attached hydrogen (secondary N) is 1. The van der Waals surface area contributed by atoms with E-state index in [1.165, 1.54) is 22.3 Å². The molecule has 1 saturated heterocycles. The molecular formula is C12H19BrN2S. The Bertz CT molecular complexity index is 336. The van der Waals surface area contributed by atoms with Gasteiger partial charge in [0.2, 0.25) is 0 Å². The van der Waals surface area contributed by atoms with Gasteiger partial charge in [0.1, 0.15) is 0 Å². The van der Waals surface area contributed by atoms with Crippen LogP contribution in [0.4, 0.5) is 0 Å². The second-order valence-corrected chi connectivity index (χ2v) is 6.25. The molecule has 2 rings (SSSR count). The molecule has 0 aliphatic carbocycles. The molecule has 1 aromatic heterocycles. The molecule has 16 heavy (non-hydrogen) atoms. The number of nitrogens with zero attached hydrogens (tertiary/aromatic N) is 1. The van der Waals surface area contributed by atoms with Crippen molar-refractivity contribution in [1.29, 1.82) is 0 Å². The SMILES string of the molecule is CCCN(C1CNC1)C(C)c1cc(Br)cs1. The maximum absolute atomic E-state index is 3.54. The summed E-state index contributed by atoms with van der Waals surface area (Å²) < 4.78 is 1.21. The van der Waals surface area contributed by atoms with E-state index in [2.05, 4.69) is 51.4 Å². The number of hydrogen-bond donors (Lipinski definition) is 1. The second kappa shape index (κ2) is 5.63. The Hall–Kier alpha value is 0.1000. The molecule has 90 valence electrons. The smallest absolute Gasteiger partial charge is 0.0417 e. The highest BCUT2D eigenvalue weighted by Gasteiger charge is 2.28. The molecule has 1 aliphatic rings. The van der Waals surface area contributed by atoms with E-state index < -0.39 is 0 Å². The predicted octanol–water partition coefficient (Wildman–Crippen LogP) is 3.26. The molecule has 4 heteroatoms. The van der Waals surface area contributed by atoms with E-state index >= 15 is 0 Å². The minimum atomic E-state index is 0.545. The van der Waals surface area contributed by atoms with Crippen molar-refractivity contribution in [2.24, 2.45) is 0 Å². The van der Waals surface area contributed by atoms with E-state index in [1.807, 2.05) is 11.3 Å². The molecule has 2 nitrogen and oxygen atoms in total. The largest absolute Gasteiger partial charge is 0.314 e. The lowest BCUT2D eigenvalue weighted by atomic mass is 10.1. The average molecular weight is 303 g/mol. The van der Waals surface area contributed by atoms with Crippen LogP contribution in [0.3, 0.4) is 0 Å². The molecule has 0 saturated carbocycles. The molecule has 0 radical (unpaired) electrons. The van der Waals surface area contributed by atoms with Crippen molar-refractivity contribution in [3.8, 4) is 0 Å². The van der Waals surface area contributed by atoms with Crippen LogP contribution < -0.4 is 5.32 Å². The quantitative estimate of drug-likeness (QED) is 0.898. The lowest BCUT2D eigenvalue weighted by Gasteiger charge is -2.41. The monoisotopic (exact) mass is 302 g/mol. The Labute approximate surface area is 110 Å². The van der Waals surface area contributed by atoms with E-state index in [4.69, 9.17) is 0 Å². The first-order valence-corrected chi connectivity index (χ1v) is 7.60. The fourth-order valence-electron chi connectivity index (χ4n) is 2.17. The van der Waals surface area contributed by atoms with E-state index in [9.17, 15) is 0 Å². The Morgan fingerprint density at radius 1 is 1.62 bits per heavy atom. The molecule has 0 spiro atoms. The standard InChI is InChI=1S/C12H19BrN2S/c1-3-4-15(11-6-14-7-11)9(2)12-5-10(13)8-16-12/h5,8-9,11,14H,3-4,6-7H2,1-2H3. The molecule has 1 fully saturated rings. The third-order valence-corrected chi connectivity index (χ3v) is 5.07. The minimum absolute atomic E-state index is 0.545. The van der Waals surface area contributed by atoms with Crippen molar-refractivity contribution in [3.05, 3.63) is 20.8 Å². The molecule has 2 heterocycles. The zero-order chi connectivity index (χ0) is 11.5. The molecule has 0 aromatic carbocycles. The first-order chi connectivity index (χ1) is 7.72. The van der Waals surface area contributed by atoms with Crippen LogP contribution in [0.2, 0.25) is 0 Å². The topological polar surface area (TPSA) is 15.3 Å². The Balaban J connectivity index is 2.06. The number of rotatable bonds is 5. The molecular weight excluding hydrogens is 284 g/mol. The van der Waals surface area contributed by atoms with Gasteiger partial charge in [-0.25, -0.2) is 0 Å². The van der Waals surface area contributed by atoms with Crippen molar-refractivity contribution in [3.63, 3.8) is 0 Å². The van der Waals surface area contributed by atoms with Crippen LogP contribution in [-0.2, 0) is 0 Å². The number of halogens is 1. The van der Waals surface area contributed by atoms with Crippen molar-refractivity contribution in [2.45, 2.75) is 32.4 Å². The highest BCUT2D eigenvalue weighted by atomic mass is 79.9. The van der Waals surface area contributed by atoms with Gasteiger partial charge in [-0.2, -0.15) is 0 Å². The van der Waals surface area contributed by atoms with E-state index in [0.29, 0.717) is 6.04 Å². The number of hydrogen-bond acceptors (Lipinski definition) is 3. The van der Waals surface area contributed by atoms with Gasteiger partial charge in [0, 0.05) is 39.9 Å². The summed E-state index contributed by atoms with van der Waals surface area (Å²) in [6.45, 7) is 8.08. The molecule has 1 aromatic rings. The lowest BCUT2D eigenvalue weighted by molar-refractivity contribution is 0.104. The van der Waals surface area contributed by atoms with Gasteiger partial charge >= 0.3 is 0 Å². The summed E-state index contributed by atoms with van der Waals surface area (Å²) in [6, 6.07) is 3.53. The highest BCUT2D eigenvalue weighted by molar-refractivity contribution is 9.10. The molecule has 0 amide bonds. The molecule has 0 bridgehead atoms. The Kier molecular flexibility index (Phi) is 4.41. The summed E-state index contributed by atoms with van der Waals surface area (Å²) in [5.74, 6) is 0. The predicted molar refractivity (Wildman–Crippen MR) is 74.1 cm³/mol. The fraction of sp³-hybridized carbons (Fsp3) is 0.667. The van der Waals surface area contributed by atoms with Crippen LogP contribution >= 0.6 is 27.3 Å². The van der Waals surface area contributed by atoms with Crippen molar-refractivity contribution in [1.82, 2.24) is 10.2 Å². The van der Waals surface area contributed by atoms with Gasteiger partial charge in [0.15, 0.2) is 0 Å². The summed E-state index contributed by atoms with van der Waals surface area (Å²) in [4.78, 5) is 4.10. The summed E-state index contributed by atoms with van der Waals surface area (Å²) in [5.41, 5.74) is 0. The highest BCUT2D eigenvalue weighted by Crippen LogP contribution is 2.31. The van der Waals surface area contributed by atoms with Crippen LogP contribution in [-0.4, -0.2) is 30.6 Å². The summed E-state index contributed by atoms with van der Waals surface area (Å²) in [7, 11) is 0. The van der Waals surface area contributed by atoms with E-state index in [-0.39, 0.29) is 0 Å². The van der Waals surface area contributed by atoms with E-state index in [0.717, 1.165) is 19.1 Å². The normalized spacial score (nSPS) is 18.8. The zero-order valence-corrected chi connectivity index (χ0v) is 12.3. The lowest BCUT2D eigenvalue weighted by Crippen LogP contribution is -2.57. The van der Waals surface area contributed by atoms with Crippen molar-refractivity contribution < 1.29 is 0 Å². The van der Waals surface area contributed by atoms with Crippen molar-refractivity contribution >= 4 is 27.3 Å². The van der Waals surface area contributed by atoms with Gasteiger partial charge < -0.3 is 5.32 Å². The second-order valence-electron chi connectivity index (χ2n) is 4.39. The summed E-state index contributed by atoms with van der Waals surface area (Å²) in [6.07, 6.45) is 1.23. The van der Waals surface area contributed by atoms with Crippen LogP contribution in [0.25, 0.3) is 0 Å². The van der Waals surface area contributed by atoms with Crippen LogP contribution in [0.5, 0.6) is 0 Å². The minimum Gasteiger partial charge on any atom is -0.314 e. The first kappa shape index (κ1) is 12.6. The fourth-order valence-corrected chi connectivity index (χ4v) is 3.69. The maximum Gasteiger partial charge on any atom is 0.0417 e. The average Bonchev–Trinajstić information content (AvgIpc) is 2.60. The summed E-state index contributed by atoms with van der Waals surface area (Å²) in [5, 5.41) is 5.54. The van der Waals surface area contributed by atoms with Crippen LogP contribution in [0.1, 0.15) is 31.2 Å². The third-order valence-electron chi connectivity index (χ3n) is 3.21. The number of thiophene rings is 1. The zero-order valence-electron chi connectivity index (χ0n) is 9.87. The van der Waals surface area contributed by atoms with Gasteiger partial charge in [-0.3, -0.25) is 4.90 Å². The molecule has 1 aliphatic heterocycles. The first-order valence-electron chi connectivity index (χ1n) is 5.92. The Morgan fingerprint density at radius 2 is 2.38 bits per heavy atom. The molecule has 1 N–H and O–H groups in total. The van der Waals surface area contributed by atoms with Gasteiger partial charge in [-0.05, 0) is 41.9 Å². The molecule has 1 atom stereocenters. The molecule has 1 unspecified atom stereocenters. The van der Waals surface area contributed by atoms with Crippen LogP contribution in [0.15, 0.2) is 15.9 Å². The third kappa shape index (κ3) is 2.67. The van der Waals surface area contributed by atoms with Gasteiger partial charge in [0.05, 0.1) is 0 Å². The van der Waals surface area contributed by atoms with Gasteiger partial charge in [-0.1, -0.05) is 6.92 Å². The summed E-state index contributed by atoms with van der Waals surface area (Å²) >= 11 is 5.39. The maximum atomic E-state index is 3.54. The van der Waals surface area contributed by atoms with Crippen molar-refractivity contribution in [2.75, 3.05) is 19.6 Å². The van der Waals surface area contributed by atoms with Gasteiger partial charge in [0.25, 0.3) is 0 Å². The van der Waals surface area contributed by atoms with Crippen LogP contribution in [0, 0.1) is 0 Å². The Morgan fingerprint density at radius 3 is 2.81 bits per heavy atom.